The van der Waals surface area contributed by atoms with Gasteiger partial charge in [0.1, 0.15) is 23.7 Å². The van der Waals surface area contributed by atoms with Crippen LogP contribution in [0.15, 0.2) is 77.8 Å². The van der Waals surface area contributed by atoms with E-state index in [4.69, 9.17) is 4.74 Å². The Labute approximate surface area is 190 Å². The number of hydrogen-bond acceptors (Lipinski definition) is 6. The number of aldehydes is 1. The summed E-state index contributed by atoms with van der Waals surface area (Å²) >= 11 is 0. The third-order valence-corrected chi connectivity index (χ3v) is 4.18. The van der Waals surface area contributed by atoms with Crippen LogP contribution in [-0.4, -0.2) is 37.2 Å². The second-order valence-electron chi connectivity index (χ2n) is 6.40. The van der Waals surface area contributed by atoms with Gasteiger partial charge in [-0.3, -0.25) is 9.80 Å². The molecule has 0 amide bonds. The minimum Gasteiger partial charge on any atom is -0.492 e. The molecule has 2 N–H and O–H groups in total. The van der Waals surface area contributed by atoms with Crippen molar-refractivity contribution in [2.75, 3.05) is 25.5 Å². The summed E-state index contributed by atoms with van der Waals surface area (Å²) < 4.78 is 18.7. The maximum Gasteiger partial charge on any atom is 0.144 e. The van der Waals surface area contributed by atoms with Crippen LogP contribution in [-0.2, 0) is 4.79 Å². The third-order valence-electron chi connectivity index (χ3n) is 4.18. The van der Waals surface area contributed by atoms with Crippen molar-refractivity contribution in [3.05, 3.63) is 84.1 Å². The minimum atomic E-state index is -0.298. The van der Waals surface area contributed by atoms with Crippen molar-refractivity contribution in [2.45, 2.75) is 27.7 Å². The Morgan fingerprint density at radius 3 is 2.47 bits per heavy atom. The average Bonchev–Trinajstić information content (AvgIpc) is 2.80. The lowest BCUT2D eigenvalue weighted by molar-refractivity contribution is -0.104. The van der Waals surface area contributed by atoms with E-state index in [1.807, 2.05) is 52.0 Å². The number of rotatable bonds is 11. The Hall–Kier alpha value is -3.61. The van der Waals surface area contributed by atoms with Crippen molar-refractivity contribution in [2.24, 2.45) is 5.10 Å². The normalized spacial score (nSPS) is 11.1. The molecular formula is C25H33FN4O2. The zero-order valence-electron chi connectivity index (χ0n) is 19.5. The summed E-state index contributed by atoms with van der Waals surface area (Å²) in [5.74, 6) is 0.915. The van der Waals surface area contributed by atoms with Gasteiger partial charge in [0.15, 0.2) is 0 Å². The van der Waals surface area contributed by atoms with Crippen LogP contribution >= 0.6 is 0 Å². The van der Waals surface area contributed by atoms with Crippen LogP contribution < -0.4 is 15.4 Å². The molecule has 0 heterocycles. The van der Waals surface area contributed by atoms with Crippen molar-refractivity contribution in [3.8, 4) is 5.75 Å². The Balaban J connectivity index is 0.00000249. The molecule has 0 saturated carbocycles. The quantitative estimate of drug-likeness (QED) is 0.219. The first-order valence-corrected chi connectivity index (χ1v) is 10.6. The Bertz CT molecular complexity index is 924. The molecule has 0 aliphatic heterocycles. The SMILES string of the molecule is C=C(N/C(=C\C=O)CNc1ccccc1OCC)N(C)/N=C(\C)c1ccc(F)cc1.CC. The first-order valence-electron chi connectivity index (χ1n) is 10.6. The predicted molar refractivity (Wildman–Crippen MR) is 130 cm³/mol. The molecule has 0 unspecified atom stereocenters. The van der Waals surface area contributed by atoms with Crippen LogP contribution in [0.5, 0.6) is 5.75 Å². The monoisotopic (exact) mass is 440 g/mol. The first-order chi connectivity index (χ1) is 15.4. The van der Waals surface area contributed by atoms with E-state index in [1.165, 1.54) is 18.2 Å². The highest BCUT2D eigenvalue weighted by Crippen LogP contribution is 2.23. The van der Waals surface area contributed by atoms with Crippen LogP contribution in [0.1, 0.15) is 33.3 Å². The molecule has 0 aromatic heterocycles. The van der Waals surface area contributed by atoms with Gasteiger partial charge in [0.25, 0.3) is 0 Å². The molecule has 172 valence electrons. The highest BCUT2D eigenvalue weighted by Gasteiger charge is 2.07. The van der Waals surface area contributed by atoms with Crippen LogP contribution in [0.2, 0.25) is 0 Å². The number of nitrogens with zero attached hydrogens (tertiary/aromatic N) is 2. The van der Waals surface area contributed by atoms with Crippen LogP contribution in [0.4, 0.5) is 10.1 Å². The second kappa shape index (κ2) is 14.4. The maximum absolute atomic E-state index is 13.1. The highest BCUT2D eigenvalue weighted by molar-refractivity contribution is 5.98. The van der Waals surface area contributed by atoms with E-state index in [0.29, 0.717) is 36.7 Å². The topological polar surface area (TPSA) is 66.0 Å². The van der Waals surface area contributed by atoms with Crippen LogP contribution in [0.25, 0.3) is 0 Å². The largest absolute Gasteiger partial charge is 0.492 e. The average molecular weight is 441 g/mol. The summed E-state index contributed by atoms with van der Waals surface area (Å²) in [5, 5.41) is 12.4. The zero-order chi connectivity index (χ0) is 23.9. The van der Waals surface area contributed by atoms with E-state index in [0.717, 1.165) is 17.0 Å². The summed E-state index contributed by atoms with van der Waals surface area (Å²) in [6.07, 6.45) is 2.13. The Morgan fingerprint density at radius 2 is 1.84 bits per heavy atom. The maximum atomic E-state index is 13.1. The second-order valence-corrected chi connectivity index (χ2v) is 6.40. The number of carbonyl (C=O) groups is 1. The van der Waals surface area contributed by atoms with Crippen molar-refractivity contribution < 1.29 is 13.9 Å². The Kier molecular flexibility index (Phi) is 11.9. The summed E-state index contributed by atoms with van der Waals surface area (Å²) in [6, 6.07) is 13.7. The molecular weight excluding hydrogens is 407 g/mol. The number of allylic oxidation sites excluding steroid dienone is 1. The number of ether oxygens (including phenoxy) is 1. The van der Waals surface area contributed by atoms with E-state index < -0.39 is 0 Å². The molecule has 2 aromatic rings. The van der Waals surface area contributed by atoms with Crippen molar-refractivity contribution in [3.63, 3.8) is 0 Å². The Morgan fingerprint density at radius 1 is 1.19 bits per heavy atom. The first kappa shape index (κ1) is 26.4. The third kappa shape index (κ3) is 8.63. The van der Waals surface area contributed by atoms with Gasteiger partial charge in [-0.1, -0.05) is 44.7 Å². The summed E-state index contributed by atoms with van der Waals surface area (Å²) in [7, 11) is 1.73. The molecule has 0 aliphatic rings. The number of para-hydroxylation sites is 2. The van der Waals surface area contributed by atoms with E-state index in [2.05, 4.69) is 22.3 Å². The number of anilines is 1. The standard InChI is InChI=1S/C23H27FN4O2.C2H6/c1-5-30-23-9-7-6-8-22(23)25-16-21(14-15-29)26-18(3)28(4)27-17(2)19-10-12-20(24)13-11-19;1-2/h6-15,25-26H,3,5,16H2,1-2,4H3;1-2H3/b21-14-,27-17+;. The molecule has 0 radical (unpaired) electrons. The van der Waals surface area contributed by atoms with Crippen LogP contribution in [0, 0.1) is 5.82 Å². The molecule has 2 rings (SSSR count). The molecule has 0 saturated heterocycles. The number of nitrogens with one attached hydrogen (secondary N) is 2. The van der Waals surface area contributed by atoms with Gasteiger partial charge < -0.3 is 15.4 Å². The zero-order valence-corrected chi connectivity index (χ0v) is 19.5. The van der Waals surface area contributed by atoms with E-state index in [-0.39, 0.29) is 5.82 Å². The van der Waals surface area contributed by atoms with Gasteiger partial charge in [-0.25, -0.2) is 4.39 Å². The lowest BCUT2D eigenvalue weighted by Crippen LogP contribution is -2.27. The number of hydrazone groups is 1. The molecule has 6 nitrogen and oxygen atoms in total. The van der Waals surface area contributed by atoms with Gasteiger partial charge in [0.2, 0.25) is 0 Å². The molecule has 0 spiro atoms. The number of halogens is 1. The fourth-order valence-corrected chi connectivity index (χ4v) is 2.61. The fourth-order valence-electron chi connectivity index (χ4n) is 2.61. The summed E-state index contributed by atoms with van der Waals surface area (Å²) in [6.45, 7) is 12.6. The van der Waals surface area contributed by atoms with E-state index >= 15 is 0 Å². The molecule has 7 heteroatoms. The molecule has 0 atom stereocenters. The van der Waals surface area contributed by atoms with Crippen LogP contribution in [0.3, 0.4) is 0 Å². The van der Waals surface area contributed by atoms with Crippen molar-refractivity contribution in [1.29, 1.82) is 0 Å². The van der Waals surface area contributed by atoms with Gasteiger partial charge in [0, 0.05) is 12.7 Å². The minimum absolute atomic E-state index is 0.298. The van der Waals surface area contributed by atoms with Gasteiger partial charge >= 0.3 is 0 Å². The fraction of sp³-hybridized carbons (Fsp3) is 0.280. The summed E-state index contributed by atoms with van der Waals surface area (Å²) in [4.78, 5) is 11.1. The predicted octanol–water partition coefficient (Wildman–Crippen LogP) is 5.16. The lowest BCUT2D eigenvalue weighted by atomic mass is 10.1. The summed E-state index contributed by atoms with van der Waals surface area (Å²) in [5.41, 5.74) is 2.93. The number of benzene rings is 2. The van der Waals surface area contributed by atoms with Gasteiger partial charge in [-0.05, 0) is 49.8 Å². The smallest absolute Gasteiger partial charge is 0.144 e. The highest BCUT2D eigenvalue weighted by atomic mass is 19.1. The van der Waals surface area contributed by atoms with Gasteiger partial charge in [-0.2, -0.15) is 5.10 Å². The molecule has 32 heavy (non-hydrogen) atoms. The lowest BCUT2D eigenvalue weighted by Gasteiger charge is -2.21. The van der Waals surface area contributed by atoms with E-state index in [1.54, 1.807) is 24.2 Å². The molecule has 0 aliphatic carbocycles. The van der Waals surface area contributed by atoms with Gasteiger partial charge in [0.05, 0.1) is 24.6 Å². The van der Waals surface area contributed by atoms with E-state index in [9.17, 15) is 9.18 Å². The number of carbonyl (C=O) groups excluding carboxylic acids is 1. The van der Waals surface area contributed by atoms with Gasteiger partial charge in [-0.15, -0.1) is 0 Å². The number of hydrogen-bond donors (Lipinski definition) is 2. The van der Waals surface area contributed by atoms with Crippen molar-refractivity contribution in [1.82, 2.24) is 10.3 Å². The molecule has 0 fully saturated rings. The molecule has 0 bridgehead atoms. The van der Waals surface area contributed by atoms with Crippen molar-refractivity contribution >= 4 is 17.7 Å². The molecule has 2 aromatic carbocycles.